The first-order valence-corrected chi connectivity index (χ1v) is 7.59. The van der Waals surface area contributed by atoms with E-state index in [4.69, 9.17) is 20.6 Å². The smallest absolute Gasteiger partial charge is 0.214 e. The number of hydrogen-bond donors (Lipinski definition) is 2. The first-order valence-electron chi connectivity index (χ1n) is 7.59. The molecule has 0 bridgehead atoms. The van der Waals surface area contributed by atoms with E-state index in [0.717, 1.165) is 42.9 Å². The number of pyridine rings is 1. The lowest BCUT2D eigenvalue weighted by molar-refractivity contribution is 0.122. The number of rotatable bonds is 2. The molecule has 118 valence electrons. The Hall–Kier alpha value is -2.73. The molecule has 2 aromatic heterocycles. The summed E-state index contributed by atoms with van der Waals surface area (Å²) in [5, 5.41) is 0.796. The van der Waals surface area contributed by atoms with Crippen LogP contribution >= 0.6 is 0 Å². The normalized spacial score (nSPS) is 15.2. The second-order valence-corrected chi connectivity index (χ2v) is 5.56. The van der Waals surface area contributed by atoms with Gasteiger partial charge in [-0.25, -0.2) is 0 Å². The van der Waals surface area contributed by atoms with Crippen molar-refractivity contribution >= 4 is 28.2 Å². The molecule has 0 radical (unpaired) electrons. The van der Waals surface area contributed by atoms with E-state index >= 15 is 0 Å². The van der Waals surface area contributed by atoms with Gasteiger partial charge < -0.3 is 25.5 Å². The lowest BCUT2D eigenvalue weighted by Gasteiger charge is -2.28. The van der Waals surface area contributed by atoms with E-state index in [1.165, 1.54) is 5.69 Å². The summed E-state index contributed by atoms with van der Waals surface area (Å²) in [6, 6.07) is 10.1. The van der Waals surface area contributed by atoms with Crippen molar-refractivity contribution in [1.82, 2.24) is 4.98 Å². The number of anilines is 3. The van der Waals surface area contributed by atoms with E-state index in [-0.39, 0.29) is 5.88 Å². The predicted molar refractivity (Wildman–Crippen MR) is 91.3 cm³/mol. The van der Waals surface area contributed by atoms with Gasteiger partial charge >= 0.3 is 0 Å². The highest BCUT2D eigenvalue weighted by atomic mass is 16.5. The van der Waals surface area contributed by atoms with Crippen LogP contribution in [0.3, 0.4) is 0 Å². The van der Waals surface area contributed by atoms with Crippen molar-refractivity contribution < 1.29 is 9.15 Å². The Kier molecular flexibility index (Phi) is 3.31. The van der Waals surface area contributed by atoms with Crippen molar-refractivity contribution in [1.29, 1.82) is 0 Å². The lowest BCUT2D eigenvalue weighted by Crippen LogP contribution is -2.36. The molecule has 3 heterocycles. The van der Waals surface area contributed by atoms with Crippen molar-refractivity contribution in [3.8, 4) is 11.3 Å². The summed E-state index contributed by atoms with van der Waals surface area (Å²) in [5.41, 5.74) is 15.7. The zero-order valence-electron chi connectivity index (χ0n) is 12.7. The van der Waals surface area contributed by atoms with Crippen LogP contribution in [0.25, 0.3) is 22.2 Å². The van der Waals surface area contributed by atoms with Crippen LogP contribution in [0, 0.1) is 0 Å². The zero-order chi connectivity index (χ0) is 15.8. The van der Waals surface area contributed by atoms with E-state index in [2.05, 4.69) is 22.0 Å². The molecule has 1 saturated heterocycles. The number of aromatic nitrogens is 1. The molecule has 0 saturated carbocycles. The molecule has 1 fully saturated rings. The molecular weight excluding hydrogens is 292 g/mol. The van der Waals surface area contributed by atoms with Crippen LogP contribution in [0.15, 0.2) is 40.9 Å². The molecular formula is C17H18N4O2. The first kappa shape index (κ1) is 13.9. The fraction of sp³-hybridized carbons (Fsp3) is 0.235. The maximum Gasteiger partial charge on any atom is 0.214 e. The third-order valence-corrected chi connectivity index (χ3v) is 4.19. The highest BCUT2D eigenvalue weighted by molar-refractivity contribution is 6.01. The van der Waals surface area contributed by atoms with Crippen LogP contribution in [-0.2, 0) is 4.74 Å². The highest BCUT2D eigenvalue weighted by Crippen LogP contribution is 2.35. The number of fused-ring (bicyclic) bond motifs is 1. The molecule has 0 spiro atoms. The van der Waals surface area contributed by atoms with E-state index in [9.17, 15) is 0 Å². The fourth-order valence-electron chi connectivity index (χ4n) is 2.92. The quantitative estimate of drug-likeness (QED) is 0.756. The van der Waals surface area contributed by atoms with Gasteiger partial charge in [0.1, 0.15) is 11.4 Å². The molecule has 1 aromatic carbocycles. The lowest BCUT2D eigenvalue weighted by atomic mass is 10.1. The average Bonchev–Trinajstić information content (AvgIpc) is 2.91. The predicted octanol–water partition coefficient (Wildman–Crippen LogP) is 2.50. The first-order chi connectivity index (χ1) is 11.2. The number of nitrogen functional groups attached to an aromatic ring is 2. The topological polar surface area (TPSA) is 90.5 Å². The number of nitrogens with zero attached hydrogens (tertiary/aromatic N) is 2. The fourth-order valence-corrected chi connectivity index (χ4v) is 2.92. The maximum atomic E-state index is 5.94. The summed E-state index contributed by atoms with van der Waals surface area (Å²) in [5.74, 6) is 0.235. The van der Waals surface area contributed by atoms with E-state index in [1.807, 2.05) is 18.2 Å². The van der Waals surface area contributed by atoms with Crippen molar-refractivity contribution in [2.24, 2.45) is 0 Å². The van der Waals surface area contributed by atoms with Crippen LogP contribution in [0.2, 0.25) is 0 Å². The third kappa shape index (κ3) is 2.37. The molecule has 0 atom stereocenters. The molecule has 4 rings (SSSR count). The van der Waals surface area contributed by atoms with Crippen LogP contribution in [0.5, 0.6) is 0 Å². The Labute approximate surface area is 133 Å². The Morgan fingerprint density at radius 2 is 1.74 bits per heavy atom. The summed E-state index contributed by atoms with van der Waals surface area (Å²) in [4.78, 5) is 6.74. The SMILES string of the molecule is Nc1oc2c(-c3ccc(N4CCOCC4)cc3)nccc2c1N. The number of nitrogens with two attached hydrogens (primary N) is 2. The molecule has 6 heteroatoms. The molecule has 1 aliphatic rings. The summed E-state index contributed by atoms with van der Waals surface area (Å²) in [6.45, 7) is 3.37. The van der Waals surface area contributed by atoms with Crippen molar-refractivity contribution in [2.75, 3.05) is 42.7 Å². The van der Waals surface area contributed by atoms with Crippen molar-refractivity contribution in [2.45, 2.75) is 0 Å². The monoisotopic (exact) mass is 310 g/mol. The summed E-state index contributed by atoms with van der Waals surface area (Å²) in [6.07, 6.45) is 1.72. The number of benzene rings is 1. The van der Waals surface area contributed by atoms with E-state index in [0.29, 0.717) is 11.3 Å². The summed E-state index contributed by atoms with van der Waals surface area (Å²) >= 11 is 0. The van der Waals surface area contributed by atoms with Gasteiger partial charge in [0.2, 0.25) is 5.88 Å². The van der Waals surface area contributed by atoms with Crippen LogP contribution in [0.1, 0.15) is 0 Å². The van der Waals surface area contributed by atoms with Crippen molar-refractivity contribution in [3.63, 3.8) is 0 Å². The third-order valence-electron chi connectivity index (χ3n) is 4.19. The molecule has 23 heavy (non-hydrogen) atoms. The number of ether oxygens (including phenoxy) is 1. The largest absolute Gasteiger partial charge is 0.436 e. The van der Waals surface area contributed by atoms with Gasteiger partial charge in [0, 0.05) is 35.9 Å². The standard InChI is InChI=1S/C17H18N4O2/c18-14-13-5-6-20-15(16(13)23-17(14)19)11-1-3-12(4-2-11)21-7-9-22-10-8-21/h1-6H,7-10,18-19H2. The molecule has 0 amide bonds. The minimum Gasteiger partial charge on any atom is -0.436 e. The molecule has 1 aliphatic heterocycles. The van der Waals surface area contributed by atoms with E-state index < -0.39 is 0 Å². The molecule has 0 aliphatic carbocycles. The summed E-state index contributed by atoms with van der Waals surface area (Å²) < 4.78 is 11.0. The van der Waals surface area contributed by atoms with Crippen molar-refractivity contribution in [3.05, 3.63) is 36.5 Å². The van der Waals surface area contributed by atoms with Gasteiger partial charge in [0.25, 0.3) is 0 Å². The molecule has 0 unspecified atom stereocenters. The second kappa shape index (κ2) is 5.48. The minimum absolute atomic E-state index is 0.235. The van der Waals surface area contributed by atoms with Crippen LogP contribution in [-0.4, -0.2) is 31.3 Å². The number of furan rings is 1. The Bertz CT molecular complexity index is 836. The van der Waals surface area contributed by atoms with Gasteiger partial charge in [0.05, 0.1) is 13.2 Å². The number of hydrogen-bond acceptors (Lipinski definition) is 6. The van der Waals surface area contributed by atoms with Gasteiger partial charge in [-0.2, -0.15) is 0 Å². The zero-order valence-corrected chi connectivity index (χ0v) is 12.7. The summed E-state index contributed by atoms with van der Waals surface area (Å²) in [7, 11) is 0. The minimum atomic E-state index is 0.235. The van der Waals surface area contributed by atoms with Gasteiger partial charge in [-0.1, -0.05) is 12.1 Å². The van der Waals surface area contributed by atoms with Gasteiger partial charge in [-0.05, 0) is 18.2 Å². The second-order valence-electron chi connectivity index (χ2n) is 5.56. The molecule has 6 nitrogen and oxygen atoms in total. The van der Waals surface area contributed by atoms with Crippen LogP contribution in [0.4, 0.5) is 17.3 Å². The van der Waals surface area contributed by atoms with Crippen LogP contribution < -0.4 is 16.4 Å². The Morgan fingerprint density at radius 1 is 1.00 bits per heavy atom. The Balaban J connectivity index is 1.72. The highest BCUT2D eigenvalue weighted by Gasteiger charge is 2.15. The van der Waals surface area contributed by atoms with Gasteiger partial charge in [-0.3, -0.25) is 4.98 Å². The number of morpholine rings is 1. The van der Waals surface area contributed by atoms with Gasteiger partial charge in [0.15, 0.2) is 5.58 Å². The van der Waals surface area contributed by atoms with Gasteiger partial charge in [-0.15, -0.1) is 0 Å². The van der Waals surface area contributed by atoms with E-state index in [1.54, 1.807) is 6.20 Å². The average molecular weight is 310 g/mol. The maximum absolute atomic E-state index is 5.94. The Morgan fingerprint density at radius 3 is 2.48 bits per heavy atom. The molecule has 3 aromatic rings. The molecule has 4 N–H and O–H groups in total.